The SMILES string of the molecule is Cc1cc(C)c(C=CC=O)cc1C. The summed E-state index contributed by atoms with van der Waals surface area (Å²) in [5.41, 5.74) is 4.88. The molecule has 1 rings (SSSR count). The van der Waals surface area contributed by atoms with Crippen molar-refractivity contribution in [2.24, 2.45) is 0 Å². The van der Waals surface area contributed by atoms with E-state index in [0.717, 1.165) is 11.8 Å². The van der Waals surface area contributed by atoms with E-state index in [-0.39, 0.29) is 0 Å². The van der Waals surface area contributed by atoms with E-state index in [1.807, 2.05) is 6.08 Å². The van der Waals surface area contributed by atoms with Gasteiger partial charge in [-0.2, -0.15) is 0 Å². The number of aryl methyl sites for hydroxylation is 3. The van der Waals surface area contributed by atoms with Gasteiger partial charge in [-0.1, -0.05) is 18.2 Å². The first-order valence-electron chi connectivity index (χ1n) is 4.35. The Bertz CT molecular complexity index is 348. The normalized spacial score (nSPS) is 10.7. The highest BCUT2D eigenvalue weighted by Gasteiger charge is 1.97. The van der Waals surface area contributed by atoms with Gasteiger partial charge in [-0.25, -0.2) is 0 Å². The highest BCUT2D eigenvalue weighted by atomic mass is 16.1. The minimum absolute atomic E-state index is 0.800. The van der Waals surface area contributed by atoms with Gasteiger partial charge in [-0.3, -0.25) is 4.79 Å². The minimum Gasteiger partial charge on any atom is -0.299 e. The van der Waals surface area contributed by atoms with Gasteiger partial charge in [0.25, 0.3) is 0 Å². The number of rotatable bonds is 2. The van der Waals surface area contributed by atoms with Crippen LogP contribution in [0, 0.1) is 20.8 Å². The van der Waals surface area contributed by atoms with Crippen LogP contribution in [0.25, 0.3) is 6.08 Å². The van der Waals surface area contributed by atoms with Crippen LogP contribution in [0.5, 0.6) is 0 Å². The molecule has 0 saturated carbocycles. The zero-order valence-corrected chi connectivity index (χ0v) is 8.29. The third-order valence-corrected chi connectivity index (χ3v) is 2.24. The summed E-state index contributed by atoms with van der Waals surface area (Å²) in [6.07, 6.45) is 4.17. The van der Waals surface area contributed by atoms with Gasteiger partial charge in [-0.15, -0.1) is 0 Å². The molecule has 68 valence electrons. The summed E-state index contributed by atoms with van der Waals surface area (Å²) in [6.45, 7) is 6.22. The molecule has 1 heteroatoms. The lowest BCUT2D eigenvalue weighted by atomic mass is 10.0. The van der Waals surface area contributed by atoms with Gasteiger partial charge >= 0.3 is 0 Å². The number of carbonyl (C=O) groups is 1. The van der Waals surface area contributed by atoms with E-state index in [9.17, 15) is 4.79 Å². The molecule has 0 amide bonds. The van der Waals surface area contributed by atoms with Gasteiger partial charge in [0.15, 0.2) is 0 Å². The molecule has 0 N–H and O–H groups in total. The van der Waals surface area contributed by atoms with Crippen molar-refractivity contribution in [1.82, 2.24) is 0 Å². The monoisotopic (exact) mass is 174 g/mol. The van der Waals surface area contributed by atoms with E-state index in [0.29, 0.717) is 0 Å². The third kappa shape index (κ3) is 2.28. The fraction of sp³-hybridized carbons (Fsp3) is 0.250. The Morgan fingerprint density at radius 2 is 1.62 bits per heavy atom. The van der Waals surface area contributed by atoms with Crippen LogP contribution >= 0.6 is 0 Å². The first-order chi connectivity index (χ1) is 6.15. The Hall–Kier alpha value is -1.37. The van der Waals surface area contributed by atoms with Crippen LogP contribution in [0.15, 0.2) is 18.2 Å². The third-order valence-electron chi connectivity index (χ3n) is 2.24. The molecule has 0 spiro atoms. The van der Waals surface area contributed by atoms with Crippen molar-refractivity contribution in [3.05, 3.63) is 40.5 Å². The van der Waals surface area contributed by atoms with Crippen molar-refractivity contribution in [2.45, 2.75) is 20.8 Å². The minimum atomic E-state index is 0.800. The Balaban J connectivity index is 3.15. The maximum absolute atomic E-state index is 10.2. The summed E-state index contributed by atoms with van der Waals surface area (Å²) in [5.74, 6) is 0. The second-order valence-electron chi connectivity index (χ2n) is 3.29. The van der Waals surface area contributed by atoms with E-state index in [4.69, 9.17) is 0 Å². The molecule has 0 aromatic heterocycles. The van der Waals surface area contributed by atoms with Crippen molar-refractivity contribution in [1.29, 1.82) is 0 Å². The molecule has 0 aliphatic heterocycles. The van der Waals surface area contributed by atoms with Crippen LogP contribution in [0.2, 0.25) is 0 Å². The zero-order valence-electron chi connectivity index (χ0n) is 8.29. The first kappa shape index (κ1) is 9.72. The molecule has 0 heterocycles. The first-order valence-corrected chi connectivity index (χ1v) is 4.35. The number of hydrogen-bond acceptors (Lipinski definition) is 1. The van der Waals surface area contributed by atoms with Crippen LogP contribution in [-0.2, 0) is 4.79 Å². The number of aldehydes is 1. The maximum atomic E-state index is 10.2. The molecule has 0 aliphatic carbocycles. The van der Waals surface area contributed by atoms with Gasteiger partial charge in [0.2, 0.25) is 0 Å². The average molecular weight is 174 g/mol. The number of benzene rings is 1. The predicted molar refractivity (Wildman–Crippen MR) is 55.8 cm³/mol. The molecule has 1 nitrogen and oxygen atoms in total. The molecule has 0 aliphatic rings. The van der Waals surface area contributed by atoms with Crippen molar-refractivity contribution < 1.29 is 4.79 Å². The largest absolute Gasteiger partial charge is 0.299 e. The van der Waals surface area contributed by atoms with E-state index in [1.54, 1.807) is 0 Å². The summed E-state index contributed by atoms with van der Waals surface area (Å²) in [5, 5.41) is 0. The molecule has 0 bridgehead atoms. The summed E-state index contributed by atoms with van der Waals surface area (Å²) in [7, 11) is 0. The van der Waals surface area contributed by atoms with Crippen LogP contribution in [-0.4, -0.2) is 6.29 Å². The summed E-state index contributed by atoms with van der Waals surface area (Å²) in [4.78, 5) is 10.2. The van der Waals surface area contributed by atoms with Crippen molar-refractivity contribution >= 4 is 12.4 Å². The van der Waals surface area contributed by atoms with Gasteiger partial charge in [-0.05, 0) is 49.1 Å². The van der Waals surface area contributed by atoms with Gasteiger partial charge in [0.1, 0.15) is 6.29 Å². The van der Waals surface area contributed by atoms with Gasteiger partial charge < -0.3 is 0 Å². The average Bonchev–Trinajstić information content (AvgIpc) is 2.09. The number of hydrogen-bond donors (Lipinski definition) is 0. The zero-order chi connectivity index (χ0) is 9.84. The lowest BCUT2D eigenvalue weighted by Crippen LogP contribution is -1.87. The molecule has 0 saturated heterocycles. The summed E-state index contributed by atoms with van der Waals surface area (Å²) in [6, 6.07) is 4.24. The molecule has 0 radical (unpaired) electrons. The Morgan fingerprint density at radius 3 is 2.23 bits per heavy atom. The predicted octanol–water partition coefficient (Wildman–Crippen LogP) is 2.82. The number of allylic oxidation sites excluding steroid dienone is 1. The summed E-state index contributed by atoms with van der Waals surface area (Å²) < 4.78 is 0. The van der Waals surface area contributed by atoms with E-state index in [2.05, 4.69) is 32.9 Å². The quantitative estimate of drug-likeness (QED) is 0.497. The highest BCUT2D eigenvalue weighted by molar-refractivity contribution is 5.74. The van der Waals surface area contributed by atoms with E-state index >= 15 is 0 Å². The Kier molecular flexibility index (Phi) is 3.02. The fourth-order valence-corrected chi connectivity index (χ4v) is 1.31. The second-order valence-corrected chi connectivity index (χ2v) is 3.29. The van der Waals surface area contributed by atoms with Gasteiger partial charge in [0, 0.05) is 0 Å². The molecule has 0 atom stereocenters. The lowest BCUT2D eigenvalue weighted by molar-refractivity contribution is -0.104. The van der Waals surface area contributed by atoms with E-state index < -0.39 is 0 Å². The summed E-state index contributed by atoms with van der Waals surface area (Å²) >= 11 is 0. The van der Waals surface area contributed by atoms with E-state index in [1.165, 1.54) is 22.8 Å². The van der Waals surface area contributed by atoms with Crippen molar-refractivity contribution in [3.63, 3.8) is 0 Å². The Morgan fingerprint density at radius 1 is 1.00 bits per heavy atom. The molecule has 1 aromatic carbocycles. The Labute approximate surface area is 79.1 Å². The molecule has 0 fully saturated rings. The molecule has 1 aromatic rings. The van der Waals surface area contributed by atoms with Crippen molar-refractivity contribution in [3.8, 4) is 0 Å². The molecule has 0 unspecified atom stereocenters. The lowest BCUT2D eigenvalue weighted by Gasteiger charge is -2.05. The van der Waals surface area contributed by atoms with Crippen LogP contribution in [0.4, 0.5) is 0 Å². The fourth-order valence-electron chi connectivity index (χ4n) is 1.31. The van der Waals surface area contributed by atoms with Crippen LogP contribution in [0.1, 0.15) is 22.3 Å². The van der Waals surface area contributed by atoms with Gasteiger partial charge in [0.05, 0.1) is 0 Å². The topological polar surface area (TPSA) is 17.1 Å². The number of carbonyl (C=O) groups excluding carboxylic acids is 1. The van der Waals surface area contributed by atoms with Crippen LogP contribution < -0.4 is 0 Å². The second kappa shape index (κ2) is 4.04. The van der Waals surface area contributed by atoms with Crippen molar-refractivity contribution in [2.75, 3.05) is 0 Å². The molecule has 13 heavy (non-hydrogen) atoms. The smallest absolute Gasteiger partial charge is 0.142 e. The molecular weight excluding hydrogens is 160 g/mol. The standard InChI is InChI=1S/C12H14O/c1-9-7-11(3)12(5-4-6-13)8-10(9)2/h4-8H,1-3H3. The molecular formula is C12H14O. The maximum Gasteiger partial charge on any atom is 0.142 e. The van der Waals surface area contributed by atoms with Crippen LogP contribution in [0.3, 0.4) is 0 Å². The highest BCUT2D eigenvalue weighted by Crippen LogP contribution is 2.16.